The summed E-state index contributed by atoms with van der Waals surface area (Å²) in [4.78, 5) is 0. The summed E-state index contributed by atoms with van der Waals surface area (Å²) in [5.41, 5.74) is 1.86. The lowest BCUT2D eigenvalue weighted by molar-refractivity contribution is 0.260. The fourth-order valence-electron chi connectivity index (χ4n) is 1.92. The van der Waals surface area contributed by atoms with Gasteiger partial charge < -0.3 is 10.4 Å². The lowest BCUT2D eigenvalue weighted by atomic mass is 10.1. The predicted molar refractivity (Wildman–Crippen MR) is 85.3 cm³/mol. The maximum atomic E-state index is 12.3. The van der Waals surface area contributed by atoms with Crippen LogP contribution in [0.4, 0.5) is 0 Å². The van der Waals surface area contributed by atoms with E-state index in [1.54, 1.807) is 0 Å². The molecule has 1 rings (SSSR count). The normalized spacial score (nSPS) is 11.8. The summed E-state index contributed by atoms with van der Waals surface area (Å²) < 4.78 is 25.8. The van der Waals surface area contributed by atoms with E-state index in [4.69, 9.17) is 5.11 Å². The number of hydrogen-bond acceptors (Lipinski definition) is 4. The first-order chi connectivity index (χ1) is 10.0. The summed E-state index contributed by atoms with van der Waals surface area (Å²) in [6.45, 7) is 7.36. The van der Waals surface area contributed by atoms with Crippen LogP contribution >= 0.6 is 0 Å². The number of nitrogens with one attached hydrogen (secondary N) is 1. The quantitative estimate of drug-likeness (QED) is 0.635. The van der Waals surface area contributed by atoms with E-state index in [1.165, 1.54) is 10.4 Å². The van der Waals surface area contributed by atoms with Crippen molar-refractivity contribution >= 4 is 10.0 Å². The average Bonchev–Trinajstić information content (AvgIpc) is 2.46. The van der Waals surface area contributed by atoms with Gasteiger partial charge >= 0.3 is 0 Å². The van der Waals surface area contributed by atoms with Crippen molar-refractivity contribution in [3.05, 3.63) is 48.0 Å². The molecular formula is C15H24N2O3S. The summed E-state index contributed by atoms with van der Waals surface area (Å²) in [5, 5.41) is 12.2. The predicted octanol–water partition coefficient (Wildman–Crippen LogP) is 1.11. The standard InChI is InChI=1S/C15H24N2O3S/c1-3-9-17(10-11-18)21(19,20)13-15-7-5-14(6-8-15)12-16-4-2/h3,5-8,16,18H,1,4,9-13H2,2H3. The first-order valence-electron chi connectivity index (χ1n) is 7.01. The van der Waals surface area contributed by atoms with Gasteiger partial charge in [0, 0.05) is 19.6 Å². The lowest BCUT2D eigenvalue weighted by Crippen LogP contribution is -2.34. The van der Waals surface area contributed by atoms with Crippen LogP contribution in [0.25, 0.3) is 0 Å². The topological polar surface area (TPSA) is 69.6 Å². The second kappa shape index (κ2) is 8.94. The molecule has 0 saturated heterocycles. The van der Waals surface area contributed by atoms with Gasteiger partial charge in [0.1, 0.15) is 0 Å². The molecule has 0 amide bonds. The van der Waals surface area contributed by atoms with Crippen molar-refractivity contribution < 1.29 is 13.5 Å². The Morgan fingerprint density at radius 3 is 2.43 bits per heavy atom. The molecule has 0 aliphatic carbocycles. The Labute approximate surface area is 127 Å². The van der Waals surface area contributed by atoms with Gasteiger partial charge in [-0.05, 0) is 17.7 Å². The summed E-state index contributed by atoms with van der Waals surface area (Å²) in [6.07, 6.45) is 1.52. The molecule has 0 aliphatic heterocycles. The number of benzene rings is 1. The van der Waals surface area contributed by atoms with E-state index in [0.717, 1.165) is 24.2 Å². The van der Waals surface area contributed by atoms with Crippen molar-refractivity contribution in [3.8, 4) is 0 Å². The Morgan fingerprint density at radius 2 is 1.90 bits per heavy atom. The SMILES string of the molecule is C=CCN(CCO)S(=O)(=O)Cc1ccc(CNCC)cc1. The van der Waals surface area contributed by atoms with Gasteiger partial charge in [-0.3, -0.25) is 0 Å². The number of sulfonamides is 1. The smallest absolute Gasteiger partial charge is 0.218 e. The summed E-state index contributed by atoms with van der Waals surface area (Å²) >= 11 is 0. The van der Waals surface area contributed by atoms with Crippen LogP contribution in [0.3, 0.4) is 0 Å². The van der Waals surface area contributed by atoms with Crippen molar-refractivity contribution in [1.82, 2.24) is 9.62 Å². The Morgan fingerprint density at radius 1 is 1.29 bits per heavy atom. The van der Waals surface area contributed by atoms with Gasteiger partial charge in [0.2, 0.25) is 10.0 Å². The van der Waals surface area contributed by atoms with E-state index in [2.05, 4.69) is 11.9 Å². The summed E-state index contributed by atoms with van der Waals surface area (Å²) in [7, 11) is -3.44. The molecule has 0 fully saturated rings. The molecule has 0 radical (unpaired) electrons. The molecule has 21 heavy (non-hydrogen) atoms. The highest BCUT2D eigenvalue weighted by molar-refractivity contribution is 7.88. The molecule has 118 valence electrons. The highest BCUT2D eigenvalue weighted by atomic mass is 32.2. The molecule has 0 bridgehead atoms. The zero-order valence-electron chi connectivity index (χ0n) is 12.5. The fraction of sp³-hybridized carbons (Fsp3) is 0.467. The molecule has 0 heterocycles. The van der Waals surface area contributed by atoms with E-state index in [9.17, 15) is 8.42 Å². The minimum Gasteiger partial charge on any atom is -0.395 e. The Kier molecular flexibility index (Phi) is 7.60. The number of nitrogens with zero attached hydrogens (tertiary/aromatic N) is 1. The molecule has 0 spiro atoms. The fourth-order valence-corrected chi connectivity index (χ4v) is 3.41. The van der Waals surface area contributed by atoms with Crippen LogP contribution in [0.15, 0.2) is 36.9 Å². The molecule has 0 unspecified atom stereocenters. The van der Waals surface area contributed by atoms with Crippen molar-refractivity contribution in [2.75, 3.05) is 26.2 Å². The second-order valence-electron chi connectivity index (χ2n) is 4.72. The Hall–Kier alpha value is -1.21. The molecule has 1 aromatic rings. The van der Waals surface area contributed by atoms with E-state index in [-0.39, 0.29) is 25.4 Å². The van der Waals surface area contributed by atoms with Gasteiger partial charge in [0.15, 0.2) is 0 Å². The largest absolute Gasteiger partial charge is 0.395 e. The minimum atomic E-state index is -3.44. The summed E-state index contributed by atoms with van der Waals surface area (Å²) in [6, 6.07) is 7.51. The van der Waals surface area contributed by atoms with E-state index < -0.39 is 10.0 Å². The van der Waals surface area contributed by atoms with Crippen LogP contribution in [0, 0.1) is 0 Å². The third-order valence-corrected chi connectivity index (χ3v) is 4.84. The maximum absolute atomic E-state index is 12.3. The van der Waals surface area contributed by atoms with E-state index >= 15 is 0 Å². The Balaban J connectivity index is 2.75. The van der Waals surface area contributed by atoms with Crippen molar-refractivity contribution in [3.63, 3.8) is 0 Å². The number of rotatable bonds is 10. The lowest BCUT2D eigenvalue weighted by Gasteiger charge is -2.19. The van der Waals surface area contributed by atoms with Crippen LogP contribution in [-0.4, -0.2) is 44.1 Å². The van der Waals surface area contributed by atoms with Gasteiger partial charge in [0.25, 0.3) is 0 Å². The monoisotopic (exact) mass is 312 g/mol. The van der Waals surface area contributed by atoms with Crippen molar-refractivity contribution in [2.24, 2.45) is 0 Å². The number of aliphatic hydroxyl groups is 1. The molecule has 6 heteroatoms. The van der Waals surface area contributed by atoms with Gasteiger partial charge in [-0.1, -0.05) is 37.3 Å². The second-order valence-corrected chi connectivity index (χ2v) is 6.69. The third-order valence-electron chi connectivity index (χ3n) is 3.03. The molecule has 0 saturated carbocycles. The van der Waals surface area contributed by atoms with Crippen molar-refractivity contribution in [2.45, 2.75) is 19.2 Å². The summed E-state index contributed by atoms with van der Waals surface area (Å²) in [5.74, 6) is -0.0671. The zero-order valence-corrected chi connectivity index (χ0v) is 13.3. The van der Waals surface area contributed by atoms with Gasteiger partial charge in [0.05, 0.1) is 12.4 Å². The molecular weight excluding hydrogens is 288 g/mol. The van der Waals surface area contributed by atoms with Crippen LogP contribution in [0.5, 0.6) is 0 Å². The third kappa shape index (κ3) is 5.97. The first kappa shape index (κ1) is 17.8. The van der Waals surface area contributed by atoms with E-state index in [1.807, 2.05) is 31.2 Å². The zero-order chi connectivity index (χ0) is 15.7. The average molecular weight is 312 g/mol. The molecule has 0 atom stereocenters. The highest BCUT2D eigenvalue weighted by Gasteiger charge is 2.20. The number of aliphatic hydroxyl groups excluding tert-OH is 1. The van der Waals surface area contributed by atoms with Gasteiger partial charge in [-0.2, -0.15) is 4.31 Å². The van der Waals surface area contributed by atoms with Crippen molar-refractivity contribution in [1.29, 1.82) is 0 Å². The van der Waals surface area contributed by atoms with Gasteiger partial charge in [-0.15, -0.1) is 6.58 Å². The minimum absolute atomic E-state index is 0.0671. The van der Waals surface area contributed by atoms with Crippen LogP contribution in [0.1, 0.15) is 18.1 Å². The highest BCUT2D eigenvalue weighted by Crippen LogP contribution is 2.12. The van der Waals surface area contributed by atoms with E-state index in [0.29, 0.717) is 0 Å². The molecule has 0 aromatic heterocycles. The Bertz CT molecular complexity index is 526. The molecule has 1 aromatic carbocycles. The maximum Gasteiger partial charge on any atom is 0.218 e. The van der Waals surface area contributed by atoms with Crippen LogP contribution < -0.4 is 5.32 Å². The number of hydrogen-bond donors (Lipinski definition) is 2. The molecule has 0 aliphatic rings. The molecule has 2 N–H and O–H groups in total. The molecule has 5 nitrogen and oxygen atoms in total. The van der Waals surface area contributed by atoms with Gasteiger partial charge in [-0.25, -0.2) is 8.42 Å². The van der Waals surface area contributed by atoms with Crippen LogP contribution in [0.2, 0.25) is 0 Å². The first-order valence-corrected chi connectivity index (χ1v) is 8.62. The van der Waals surface area contributed by atoms with Crippen LogP contribution in [-0.2, 0) is 22.3 Å².